The van der Waals surface area contributed by atoms with Gasteiger partial charge in [-0.1, -0.05) is 28.1 Å². The van der Waals surface area contributed by atoms with Gasteiger partial charge in [0.1, 0.15) is 5.82 Å². The first-order valence-corrected chi connectivity index (χ1v) is 6.62. The lowest BCUT2D eigenvalue weighted by Crippen LogP contribution is -2.08. The molecule has 2 aromatic carbocycles. The van der Waals surface area contributed by atoms with Gasteiger partial charge in [-0.05, 0) is 29.8 Å². The van der Waals surface area contributed by atoms with Gasteiger partial charge in [0.25, 0.3) is 0 Å². The molecule has 0 radical (unpaired) electrons. The van der Waals surface area contributed by atoms with Crippen LogP contribution in [0.25, 0.3) is 0 Å². The van der Waals surface area contributed by atoms with Crippen LogP contribution in [0.5, 0.6) is 5.75 Å². The molecule has 0 aliphatic carbocycles. The molecule has 0 spiro atoms. The van der Waals surface area contributed by atoms with Crippen molar-refractivity contribution in [3.05, 3.63) is 63.6 Å². The molecule has 0 aliphatic rings. The monoisotopic (exact) mass is 340 g/mol. The Balaban J connectivity index is 2.28. The van der Waals surface area contributed by atoms with E-state index >= 15 is 0 Å². The lowest BCUT2D eigenvalue weighted by Gasteiger charge is -2.07. The summed E-state index contributed by atoms with van der Waals surface area (Å²) >= 11 is 3.11. The fourth-order valence-electron chi connectivity index (χ4n) is 1.83. The second-order valence-corrected chi connectivity index (χ2v) is 5.07. The van der Waals surface area contributed by atoms with Gasteiger partial charge >= 0.3 is 0 Å². The summed E-state index contributed by atoms with van der Waals surface area (Å²) in [6.07, 6.45) is -0.221. The second kappa shape index (κ2) is 6.13. The highest BCUT2D eigenvalue weighted by molar-refractivity contribution is 9.10. The smallest absolute Gasteiger partial charge is 0.170 e. The Labute approximate surface area is 123 Å². The van der Waals surface area contributed by atoms with Gasteiger partial charge in [-0.3, -0.25) is 4.79 Å². The highest BCUT2D eigenvalue weighted by Crippen LogP contribution is 2.22. The van der Waals surface area contributed by atoms with Crippen LogP contribution in [0, 0.1) is 11.6 Å². The molecule has 2 nitrogen and oxygen atoms in total. The summed E-state index contributed by atoms with van der Waals surface area (Å²) in [5.41, 5.74) is 0.118. The standard InChI is InChI=1S/C15H11BrF2O2/c1-20-14-4-2-3-9(15(14)18)7-13(19)11-6-5-10(16)8-12(11)17/h2-6,8H,7H2,1H3. The van der Waals surface area contributed by atoms with E-state index in [1.165, 1.54) is 31.4 Å². The zero-order valence-electron chi connectivity index (χ0n) is 10.6. The van der Waals surface area contributed by atoms with Crippen molar-refractivity contribution in [2.24, 2.45) is 0 Å². The Morgan fingerprint density at radius 2 is 2.00 bits per heavy atom. The van der Waals surface area contributed by atoms with E-state index in [-0.39, 0.29) is 23.3 Å². The molecule has 0 aliphatic heterocycles. The molecule has 0 N–H and O–H groups in total. The number of methoxy groups -OCH3 is 1. The van der Waals surface area contributed by atoms with Gasteiger partial charge in [-0.2, -0.15) is 0 Å². The number of Topliss-reactive ketones (excluding diaryl/α,β-unsaturated/α-hetero) is 1. The van der Waals surface area contributed by atoms with E-state index in [2.05, 4.69) is 15.9 Å². The summed E-state index contributed by atoms with van der Waals surface area (Å²) in [6, 6.07) is 8.67. The maximum Gasteiger partial charge on any atom is 0.170 e. The van der Waals surface area contributed by atoms with Crippen LogP contribution in [-0.2, 0) is 6.42 Å². The number of ether oxygens (including phenoxy) is 1. The molecule has 104 valence electrons. The molecule has 0 amide bonds. The molecular formula is C15H11BrF2O2. The minimum Gasteiger partial charge on any atom is -0.494 e. The van der Waals surface area contributed by atoms with Crippen molar-refractivity contribution in [3.8, 4) is 5.75 Å². The van der Waals surface area contributed by atoms with Gasteiger partial charge in [-0.15, -0.1) is 0 Å². The van der Waals surface area contributed by atoms with Crippen molar-refractivity contribution in [1.82, 2.24) is 0 Å². The molecule has 5 heteroatoms. The maximum atomic E-state index is 13.9. The highest BCUT2D eigenvalue weighted by atomic mass is 79.9. The molecule has 0 fully saturated rings. The predicted octanol–water partition coefficient (Wildman–Crippen LogP) is 4.16. The molecule has 0 saturated heterocycles. The van der Waals surface area contributed by atoms with Gasteiger partial charge in [0.2, 0.25) is 0 Å². The lowest BCUT2D eigenvalue weighted by molar-refractivity contribution is 0.0988. The van der Waals surface area contributed by atoms with E-state index < -0.39 is 17.4 Å². The third-order valence-electron chi connectivity index (χ3n) is 2.85. The van der Waals surface area contributed by atoms with Crippen molar-refractivity contribution in [2.45, 2.75) is 6.42 Å². The molecule has 2 aromatic rings. The minimum absolute atomic E-state index is 0.0598. The molecule has 0 saturated carbocycles. The number of ketones is 1. The Morgan fingerprint density at radius 3 is 2.65 bits per heavy atom. The van der Waals surface area contributed by atoms with Gasteiger partial charge in [0.05, 0.1) is 12.7 Å². The van der Waals surface area contributed by atoms with E-state index in [1.54, 1.807) is 12.1 Å². The Hall–Kier alpha value is -1.75. The molecule has 0 unspecified atom stereocenters. The van der Waals surface area contributed by atoms with E-state index in [9.17, 15) is 13.6 Å². The first-order valence-electron chi connectivity index (χ1n) is 5.82. The fourth-order valence-corrected chi connectivity index (χ4v) is 2.17. The topological polar surface area (TPSA) is 26.3 Å². The van der Waals surface area contributed by atoms with Crippen LogP contribution in [0.15, 0.2) is 40.9 Å². The number of benzene rings is 2. The minimum atomic E-state index is -0.632. The Bertz CT molecular complexity index is 656. The van der Waals surface area contributed by atoms with Gasteiger partial charge in [0.15, 0.2) is 17.3 Å². The lowest BCUT2D eigenvalue weighted by atomic mass is 10.0. The van der Waals surface area contributed by atoms with Crippen LogP contribution in [0.4, 0.5) is 8.78 Å². The van der Waals surface area contributed by atoms with E-state index in [1.807, 2.05) is 0 Å². The number of carbonyl (C=O) groups excluding carboxylic acids is 1. The number of hydrogen-bond acceptors (Lipinski definition) is 2. The van der Waals surface area contributed by atoms with Crippen molar-refractivity contribution >= 4 is 21.7 Å². The average molecular weight is 341 g/mol. The third kappa shape index (κ3) is 3.04. The molecule has 2 rings (SSSR count). The first-order chi connectivity index (χ1) is 9.52. The Morgan fingerprint density at radius 1 is 1.25 bits per heavy atom. The third-order valence-corrected chi connectivity index (χ3v) is 3.34. The van der Waals surface area contributed by atoms with Crippen LogP contribution >= 0.6 is 15.9 Å². The molecule has 0 bridgehead atoms. The molecule has 0 heterocycles. The van der Waals surface area contributed by atoms with Crippen molar-refractivity contribution < 1.29 is 18.3 Å². The summed E-state index contributed by atoms with van der Waals surface area (Å²) < 4.78 is 33.0. The summed E-state index contributed by atoms with van der Waals surface area (Å²) in [6.45, 7) is 0. The summed E-state index contributed by atoms with van der Waals surface area (Å²) in [4.78, 5) is 12.0. The largest absolute Gasteiger partial charge is 0.494 e. The Kier molecular flexibility index (Phi) is 4.49. The van der Waals surface area contributed by atoms with E-state index in [4.69, 9.17) is 4.74 Å². The zero-order valence-corrected chi connectivity index (χ0v) is 12.2. The molecule has 0 aromatic heterocycles. The van der Waals surface area contributed by atoms with E-state index in [0.717, 1.165) is 0 Å². The van der Waals surface area contributed by atoms with Crippen LogP contribution in [-0.4, -0.2) is 12.9 Å². The van der Waals surface area contributed by atoms with E-state index in [0.29, 0.717) is 4.47 Å². The second-order valence-electron chi connectivity index (χ2n) is 4.16. The quantitative estimate of drug-likeness (QED) is 0.781. The van der Waals surface area contributed by atoms with Crippen LogP contribution < -0.4 is 4.74 Å². The number of carbonyl (C=O) groups is 1. The number of rotatable bonds is 4. The van der Waals surface area contributed by atoms with Gasteiger partial charge < -0.3 is 4.74 Å². The zero-order chi connectivity index (χ0) is 14.7. The highest BCUT2D eigenvalue weighted by Gasteiger charge is 2.16. The summed E-state index contributed by atoms with van der Waals surface area (Å²) in [5, 5.41) is 0. The van der Waals surface area contributed by atoms with Crippen molar-refractivity contribution in [3.63, 3.8) is 0 Å². The predicted molar refractivity (Wildman–Crippen MR) is 75.1 cm³/mol. The van der Waals surface area contributed by atoms with Crippen LogP contribution in [0.1, 0.15) is 15.9 Å². The maximum absolute atomic E-state index is 13.9. The number of hydrogen-bond donors (Lipinski definition) is 0. The van der Waals surface area contributed by atoms with Crippen LogP contribution in [0.3, 0.4) is 0 Å². The number of halogens is 3. The molecular weight excluding hydrogens is 330 g/mol. The average Bonchev–Trinajstić information content (AvgIpc) is 2.41. The van der Waals surface area contributed by atoms with Gasteiger partial charge in [-0.25, -0.2) is 8.78 Å². The van der Waals surface area contributed by atoms with Gasteiger partial charge in [0, 0.05) is 10.9 Å². The van der Waals surface area contributed by atoms with Crippen molar-refractivity contribution in [2.75, 3.05) is 7.11 Å². The molecule has 20 heavy (non-hydrogen) atoms. The first kappa shape index (κ1) is 14.7. The molecule has 0 atom stereocenters. The summed E-state index contributed by atoms with van der Waals surface area (Å²) in [7, 11) is 1.35. The fraction of sp³-hybridized carbons (Fsp3) is 0.133. The van der Waals surface area contributed by atoms with Crippen LogP contribution in [0.2, 0.25) is 0 Å². The summed E-state index contributed by atoms with van der Waals surface area (Å²) in [5.74, 6) is -1.65. The SMILES string of the molecule is COc1cccc(CC(=O)c2ccc(Br)cc2F)c1F. The normalized spacial score (nSPS) is 10.4. The van der Waals surface area contributed by atoms with Crippen molar-refractivity contribution in [1.29, 1.82) is 0 Å².